The highest BCUT2D eigenvalue weighted by atomic mass is 16.4. The average molecular weight is 283 g/mol. The molecule has 0 aliphatic heterocycles. The first-order valence-corrected chi connectivity index (χ1v) is 7.17. The Hall–Kier alpha value is -2.36. The molecule has 0 heterocycles. The molecule has 1 fully saturated rings. The standard InChI is InChI=1S/C17H17NO3/c1-2-10-9-14(10)18-16(19)12-7-3-5-11-6-4-8-13(15(11)12)17(20)21/h3-8,10,14H,2,9H2,1H3,(H,18,19)(H,20,21). The second-order valence-electron chi connectivity index (χ2n) is 5.50. The van der Waals surface area contributed by atoms with Gasteiger partial charge in [-0.15, -0.1) is 0 Å². The number of hydrogen-bond acceptors (Lipinski definition) is 2. The first kappa shape index (κ1) is 13.6. The van der Waals surface area contributed by atoms with Crippen LogP contribution in [-0.4, -0.2) is 23.0 Å². The number of hydrogen-bond donors (Lipinski definition) is 2. The summed E-state index contributed by atoms with van der Waals surface area (Å²) in [4.78, 5) is 23.8. The van der Waals surface area contributed by atoms with Gasteiger partial charge in [0, 0.05) is 17.0 Å². The van der Waals surface area contributed by atoms with E-state index in [4.69, 9.17) is 0 Å². The van der Waals surface area contributed by atoms with Gasteiger partial charge in [0.2, 0.25) is 0 Å². The number of carbonyl (C=O) groups is 2. The number of carboxylic acids is 1. The fourth-order valence-electron chi connectivity index (χ4n) is 2.83. The van der Waals surface area contributed by atoms with Crippen LogP contribution in [-0.2, 0) is 0 Å². The monoisotopic (exact) mass is 283 g/mol. The molecule has 1 saturated carbocycles. The molecule has 0 bridgehead atoms. The molecular weight excluding hydrogens is 266 g/mol. The van der Waals surface area contributed by atoms with Gasteiger partial charge in [-0.3, -0.25) is 4.79 Å². The summed E-state index contributed by atoms with van der Waals surface area (Å²) in [5.41, 5.74) is 0.605. The van der Waals surface area contributed by atoms with Gasteiger partial charge in [-0.1, -0.05) is 37.6 Å². The van der Waals surface area contributed by atoms with E-state index in [9.17, 15) is 14.7 Å². The van der Waals surface area contributed by atoms with Gasteiger partial charge < -0.3 is 10.4 Å². The maximum atomic E-state index is 12.4. The number of carboxylic acid groups (broad SMARTS) is 1. The third-order valence-electron chi connectivity index (χ3n) is 4.14. The third-order valence-corrected chi connectivity index (χ3v) is 4.14. The minimum Gasteiger partial charge on any atom is -0.478 e. The number of benzene rings is 2. The summed E-state index contributed by atoms with van der Waals surface area (Å²) in [7, 11) is 0. The number of aromatic carboxylic acids is 1. The number of nitrogens with one attached hydrogen (secondary N) is 1. The summed E-state index contributed by atoms with van der Waals surface area (Å²) in [6.45, 7) is 2.11. The normalized spacial score (nSPS) is 20.2. The van der Waals surface area contributed by atoms with Crippen LogP contribution in [0.4, 0.5) is 0 Å². The highest BCUT2D eigenvalue weighted by molar-refractivity contribution is 6.14. The van der Waals surface area contributed by atoms with Crippen molar-refractivity contribution in [2.24, 2.45) is 5.92 Å². The second-order valence-corrected chi connectivity index (χ2v) is 5.50. The average Bonchev–Trinajstić information content (AvgIpc) is 3.24. The lowest BCUT2D eigenvalue weighted by atomic mass is 9.98. The van der Waals surface area contributed by atoms with Crippen molar-refractivity contribution in [1.82, 2.24) is 5.32 Å². The largest absolute Gasteiger partial charge is 0.478 e. The molecule has 2 N–H and O–H groups in total. The molecule has 1 aliphatic carbocycles. The van der Waals surface area contributed by atoms with E-state index >= 15 is 0 Å². The number of amides is 1. The predicted molar refractivity (Wildman–Crippen MR) is 80.6 cm³/mol. The summed E-state index contributed by atoms with van der Waals surface area (Å²) in [5.74, 6) is -0.642. The first-order valence-electron chi connectivity index (χ1n) is 7.17. The Balaban J connectivity index is 2.02. The van der Waals surface area contributed by atoms with Crippen molar-refractivity contribution in [2.75, 3.05) is 0 Å². The van der Waals surface area contributed by atoms with Crippen LogP contribution in [0.3, 0.4) is 0 Å². The maximum Gasteiger partial charge on any atom is 0.336 e. The highest BCUT2D eigenvalue weighted by Crippen LogP contribution is 2.33. The van der Waals surface area contributed by atoms with Gasteiger partial charge >= 0.3 is 5.97 Å². The molecule has 21 heavy (non-hydrogen) atoms. The molecule has 1 amide bonds. The molecule has 2 atom stereocenters. The Morgan fingerprint density at radius 3 is 2.43 bits per heavy atom. The van der Waals surface area contributed by atoms with Crippen LogP contribution in [0, 0.1) is 5.92 Å². The zero-order chi connectivity index (χ0) is 15.0. The fraction of sp³-hybridized carbons (Fsp3) is 0.294. The van der Waals surface area contributed by atoms with Gasteiger partial charge in [0.25, 0.3) is 5.91 Å². The van der Waals surface area contributed by atoms with Crippen LogP contribution >= 0.6 is 0 Å². The lowest BCUT2D eigenvalue weighted by Gasteiger charge is -2.10. The zero-order valence-electron chi connectivity index (χ0n) is 11.8. The first-order chi connectivity index (χ1) is 10.1. The third kappa shape index (κ3) is 2.49. The van der Waals surface area contributed by atoms with E-state index in [0.29, 0.717) is 16.9 Å². The van der Waals surface area contributed by atoms with E-state index in [1.54, 1.807) is 18.2 Å². The Bertz CT molecular complexity index is 718. The van der Waals surface area contributed by atoms with Gasteiger partial charge in [-0.2, -0.15) is 0 Å². The zero-order valence-corrected chi connectivity index (χ0v) is 11.8. The molecule has 0 spiro atoms. The Labute approximate surface area is 122 Å². The molecule has 2 aromatic carbocycles. The van der Waals surface area contributed by atoms with Crippen molar-refractivity contribution < 1.29 is 14.7 Å². The van der Waals surface area contributed by atoms with Crippen molar-refractivity contribution in [3.05, 3.63) is 47.5 Å². The molecule has 4 nitrogen and oxygen atoms in total. The Morgan fingerprint density at radius 1 is 1.19 bits per heavy atom. The van der Waals surface area contributed by atoms with Crippen LogP contribution in [0.5, 0.6) is 0 Å². The summed E-state index contributed by atoms with van der Waals surface area (Å²) >= 11 is 0. The van der Waals surface area contributed by atoms with Crippen molar-refractivity contribution in [1.29, 1.82) is 0 Å². The number of carbonyl (C=O) groups excluding carboxylic acids is 1. The topological polar surface area (TPSA) is 66.4 Å². The van der Waals surface area contributed by atoms with Crippen LogP contribution in [0.2, 0.25) is 0 Å². The Morgan fingerprint density at radius 2 is 1.86 bits per heavy atom. The fourth-order valence-corrected chi connectivity index (χ4v) is 2.83. The highest BCUT2D eigenvalue weighted by Gasteiger charge is 2.36. The van der Waals surface area contributed by atoms with Crippen LogP contribution < -0.4 is 5.32 Å². The van der Waals surface area contributed by atoms with E-state index in [0.717, 1.165) is 18.2 Å². The van der Waals surface area contributed by atoms with Gasteiger partial charge in [-0.25, -0.2) is 4.79 Å². The van der Waals surface area contributed by atoms with Gasteiger partial charge in [0.05, 0.1) is 5.56 Å². The minimum absolute atomic E-state index is 0.168. The smallest absolute Gasteiger partial charge is 0.336 e. The summed E-state index contributed by atoms with van der Waals surface area (Å²) in [5, 5.41) is 13.6. The molecule has 0 radical (unpaired) electrons. The van der Waals surface area contributed by atoms with E-state index in [1.165, 1.54) is 6.07 Å². The molecule has 1 aliphatic rings. The molecule has 3 rings (SSSR count). The molecule has 0 aromatic heterocycles. The van der Waals surface area contributed by atoms with Gasteiger partial charge in [0.1, 0.15) is 0 Å². The van der Waals surface area contributed by atoms with Crippen molar-refractivity contribution in [3.63, 3.8) is 0 Å². The van der Waals surface area contributed by atoms with Crippen molar-refractivity contribution in [2.45, 2.75) is 25.8 Å². The molecule has 0 saturated heterocycles. The minimum atomic E-state index is -1.02. The lowest BCUT2D eigenvalue weighted by Crippen LogP contribution is -2.27. The van der Waals surface area contributed by atoms with E-state index in [2.05, 4.69) is 12.2 Å². The molecule has 2 aromatic rings. The molecular formula is C17H17NO3. The quantitative estimate of drug-likeness (QED) is 0.906. The number of rotatable bonds is 4. The van der Waals surface area contributed by atoms with E-state index < -0.39 is 5.97 Å². The van der Waals surface area contributed by atoms with Crippen LogP contribution in [0.1, 0.15) is 40.5 Å². The summed E-state index contributed by atoms with van der Waals surface area (Å²) in [6.07, 6.45) is 2.07. The van der Waals surface area contributed by atoms with Crippen LogP contribution in [0.25, 0.3) is 10.8 Å². The van der Waals surface area contributed by atoms with E-state index in [-0.39, 0.29) is 17.5 Å². The lowest BCUT2D eigenvalue weighted by molar-refractivity contribution is 0.0699. The van der Waals surface area contributed by atoms with Gasteiger partial charge in [-0.05, 0) is 29.9 Å². The van der Waals surface area contributed by atoms with Crippen molar-refractivity contribution in [3.8, 4) is 0 Å². The molecule has 4 heteroatoms. The van der Waals surface area contributed by atoms with Crippen molar-refractivity contribution >= 4 is 22.6 Å². The summed E-state index contributed by atoms with van der Waals surface area (Å²) < 4.78 is 0. The van der Waals surface area contributed by atoms with E-state index in [1.807, 2.05) is 12.1 Å². The molecule has 2 unspecified atom stereocenters. The van der Waals surface area contributed by atoms with Crippen LogP contribution in [0.15, 0.2) is 36.4 Å². The predicted octanol–water partition coefficient (Wildman–Crippen LogP) is 3.07. The molecule has 108 valence electrons. The second kappa shape index (κ2) is 5.20. The van der Waals surface area contributed by atoms with Gasteiger partial charge in [0.15, 0.2) is 0 Å². The maximum absolute atomic E-state index is 12.4. The summed E-state index contributed by atoms with van der Waals surface area (Å²) in [6, 6.07) is 10.6. The Kier molecular flexibility index (Phi) is 3.37. The number of fused-ring (bicyclic) bond motifs is 1. The SMILES string of the molecule is CCC1CC1NC(=O)c1cccc2cccc(C(=O)O)c12.